The van der Waals surface area contributed by atoms with E-state index in [4.69, 9.17) is 5.73 Å². The lowest BCUT2D eigenvalue weighted by atomic mass is 9.91. The van der Waals surface area contributed by atoms with Gasteiger partial charge in [-0.25, -0.2) is 8.42 Å². The molecule has 1 aromatic rings. The average molecular weight is 347 g/mol. The number of aliphatic hydroxyl groups is 1. The van der Waals surface area contributed by atoms with Gasteiger partial charge in [-0.3, -0.25) is 0 Å². The van der Waals surface area contributed by atoms with Crippen molar-refractivity contribution in [3.8, 4) is 0 Å². The highest BCUT2D eigenvalue weighted by Gasteiger charge is 2.55. The van der Waals surface area contributed by atoms with E-state index in [1.165, 1.54) is 10.4 Å². The van der Waals surface area contributed by atoms with E-state index in [2.05, 4.69) is 15.9 Å². The Kier molecular flexibility index (Phi) is 2.94. The van der Waals surface area contributed by atoms with Crippen molar-refractivity contribution in [2.24, 2.45) is 5.92 Å². The Balaban J connectivity index is 1.86. The predicted molar refractivity (Wildman–Crippen MR) is 75.0 cm³/mol. The van der Waals surface area contributed by atoms with E-state index in [1.807, 2.05) is 0 Å². The van der Waals surface area contributed by atoms with Gasteiger partial charge in [0.1, 0.15) is 4.90 Å². The van der Waals surface area contributed by atoms with E-state index < -0.39 is 15.6 Å². The monoisotopic (exact) mass is 346 g/mol. The number of hydrogen-bond acceptors (Lipinski definition) is 4. The number of anilines is 1. The summed E-state index contributed by atoms with van der Waals surface area (Å²) < 4.78 is 26.8. The van der Waals surface area contributed by atoms with E-state index in [-0.39, 0.29) is 29.6 Å². The van der Waals surface area contributed by atoms with E-state index in [1.54, 1.807) is 12.1 Å². The number of benzene rings is 1. The molecule has 5 nitrogen and oxygen atoms in total. The van der Waals surface area contributed by atoms with Crippen LogP contribution in [0.4, 0.5) is 5.69 Å². The van der Waals surface area contributed by atoms with Crippen molar-refractivity contribution in [2.75, 3.05) is 18.8 Å². The summed E-state index contributed by atoms with van der Waals surface area (Å²) in [6, 6.07) is 4.76. The molecular weight excluding hydrogens is 332 g/mol. The van der Waals surface area contributed by atoms with Crippen LogP contribution < -0.4 is 5.73 Å². The molecular formula is C12H15BrN2O3S. The van der Waals surface area contributed by atoms with Crippen LogP contribution in [0.1, 0.15) is 12.8 Å². The summed E-state index contributed by atoms with van der Waals surface area (Å²) in [5.74, 6) is 0.263. The largest absolute Gasteiger partial charge is 0.398 e. The zero-order chi connectivity index (χ0) is 13.8. The second-order valence-electron chi connectivity index (χ2n) is 5.33. The van der Waals surface area contributed by atoms with Gasteiger partial charge in [-0.1, -0.05) is 15.9 Å². The smallest absolute Gasteiger partial charge is 0.245 e. The molecule has 3 rings (SSSR count). The standard InChI is InChI=1S/C12H15BrN2O3S/c13-9-3-4-10(14)11(5-9)19(17,18)15-6-12(16,7-15)8-1-2-8/h3-5,8,16H,1-2,6-7,14H2. The molecule has 104 valence electrons. The molecule has 0 spiro atoms. The Morgan fingerprint density at radius 1 is 1.37 bits per heavy atom. The Hall–Kier alpha value is -0.630. The molecule has 3 N–H and O–H groups in total. The SMILES string of the molecule is Nc1ccc(Br)cc1S(=O)(=O)N1CC(O)(C2CC2)C1. The van der Waals surface area contributed by atoms with Crippen LogP contribution in [-0.2, 0) is 10.0 Å². The van der Waals surface area contributed by atoms with Gasteiger partial charge in [-0.2, -0.15) is 4.31 Å². The first-order chi connectivity index (χ1) is 8.83. The first-order valence-electron chi connectivity index (χ1n) is 6.10. The summed E-state index contributed by atoms with van der Waals surface area (Å²) in [4.78, 5) is 0.0970. The molecule has 0 unspecified atom stereocenters. The Morgan fingerprint density at radius 2 is 2.00 bits per heavy atom. The Labute approximate surface area is 120 Å². The van der Waals surface area contributed by atoms with Crippen molar-refractivity contribution in [3.63, 3.8) is 0 Å². The molecule has 1 aromatic carbocycles. The van der Waals surface area contributed by atoms with Crippen molar-refractivity contribution in [3.05, 3.63) is 22.7 Å². The summed E-state index contributed by atoms with van der Waals surface area (Å²) in [5.41, 5.74) is 5.14. The fourth-order valence-electron chi connectivity index (χ4n) is 2.48. The summed E-state index contributed by atoms with van der Waals surface area (Å²) >= 11 is 3.25. The fraction of sp³-hybridized carbons (Fsp3) is 0.500. The molecule has 1 aliphatic heterocycles. The number of nitrogens with two attached hydrogens (primary N) is 1. The molecule has 0 amide bonds. The second kappa shape index (κ2) is 4.18. The Morgan fingerprint density at radius 3 is 2.58 bits per heavy atom. The van der Waals surface area contributed by atoms with Gasteiger partial charge in [0.15, 0.2) is 0 Å². The van der Waals surface area contributed by atoms with Crippen LogP contribution in [0.2, 0.25) is 0 Å². The van der Waals surface area contributed by atoms with E-state index >= 15 is 0 Å². The van der Waals surface area contributed by atoms with Crippen LogP contribution >= 0.6 is 15.9 Å². The maximum absolute atomic E-state index is 12.4. The van der Waals surface area contributed by atoms with Crippen molar-refractivity contribution in [2.45, 2.75) is 23.3 Å². The predicted octanol–water partition coefficient (Wildman–Crippen LogP) is 1.18. The molecule has 2 aliphatic rings. The molecule has 0 atom stereocenters. The van der Waals surface area contributed by atoms with Crippen LogP contribution in [0.15, 0.2) is 27.6 Å². The zero-order valence-electron chi connectivity index (χ0n) is 10.2. The summed E-state index contributed by atoms with van der Waals surface area (Å²) in [5, 5.41) is 10.2. The van der Waals surface area contributed by atoms with Crippen LogP contribution in [0, 0.1) is 5.92 Å². The van der Waals surface area contributed by atoms with Gasteiger partial charge in [0.2, 0.25) is 10.0 Å². The second-order valence-corrected chi connectivity index (χ2v) is 8.16. The number of rotatable bonds is 3. The lowest BCUT2D eigenvalue weighted by Crippen LogP contribution is -2.64. The molecule has 1 aliphatic carbocycles. The third-order valence-corrected chi connectivity index (χ3v) is 6.17. The highest BCUT2D eigenvalue weighted by atomic mass is 79.9. The third-order valence-electron chi connectivity index (χ3n) is 3.83. The normalized spacial score (nSPS) is 23.1. The lowest BCUT2D eigenvalue weighted by molar-refractivity contribution is -0.0764. The van der Waals surface area contributed by atoms with Crippen LogP contribution in [-0.4, -0.2) is 36.5 Å². The van der Waals surface area contributed by atoms with Gasteiger partial charge in [0.25, 0.3) is 0 Å². The fourth-order valence-corrected chi connectivity index (χ4v) is 4.70. The summed E-state index contributed by atoms with van der Waals surface area (Å²) in [6.45, 7) is 0.345. The van der Waals surface area contributed by atoms with Crippen molar-refractivity contribution < 1.29 is 13.5 Å². The molecule has 0 aromatic heterocycles. The summed E-state index contributed by atoms with van der Waals surface area (Å²) in [6.07, 6.45) is 1.98. The van der Waals surface area contributed by atoms with Crippen LogP contribution in [0.3, 0.4) is 0 Å². The zero-order valence-corrected chi connectivity index (χ0v) is 12.6. The maximum atomic E-state index is 12.4. The molecule has 2 fully saturated rings. The summed E-state index contributed by atoms with van der Waals surface area (Å²) in [7, 11) is -3.61. The van der Waals surface area contributed by atoms with Crippen LogP contribution in [0.25, 0.3) is 0 Å². The molecule has 0 bridgehead atoms. The lowest BCUT2D eigenvalue weighted by Gasteiger charge is -2.45. The van der Waals surface area contributed by atoms with E-state index in [0.717, 1.165) is 12.8 Å². The van der Waals surface area contributed by atoms with E-state index in [0.29, 0.717) is 4.47 Å². The average Bonchev–Trinajstić information content (AvgIpc) is 3.12. The Bertz CT molecular complexity index is 622. The molecule has 1 heterocycles. The van der Waals surface area contributed by atoms with Gasteiger partial charge in [-0.15, -0.1) is 0 Å². The number of nitrogens with zero attached hydrogens (tertiary/aromatic N) is 1. The minimum absolute atomic E-state index is 0.0970. The van der Waals surface area contributed by atoms with Crippen molar-refractivity contribution in [1.82, 2.24) is 4.31 Å². The van der Waals surface area contributed by atoms with Gasteiger partial charge in [0, 0.05) is 17.6 Å². The topological polar surface area (TPSA) is 83.6 Å². The number of β-amino-alcohol motifs (C(OH)–C–C–N with tert-alkyl or cyclic N) is 1. The number of halogens is 1. The molecule has 7 heteroatoms. The minimum Gasteiger partial charge on any atom is -0.398 e. The number of nitrogen functional groups attached to an aromatic ring is 1. The number of hydrogen-bond donors (Lipinski definition) is 2. The first kappa shape index (κ1) is 13.4. The van der Waals surface area contributed by atoms with E-state index in [9.17, 15) is 13.5 Å². The minimum atomic E-state index is -3.61. The van der Waals surface area contributed by atoms with Crippen LogP contribution in [0.5, 0.6) is 0 Å². The van der Waals surface area contributed by atoms with Gasteiger partial charge < -0.3 is 10.8 Å². The first-order valence-corrected chi connectivity index (χ1v) is 8.34. The van der Waals surface area contributed by atoms with Crippen molar-refractivity contribution in [1.29, 1.82) is 0 Å². The van der Waals surface area contributed by atoms with Gasteiger partial charge in [-0.05, 0) is 37.0 Å². The van der Waals surface area contributed by atoms with Gasteiger partial charge >= 0.3 is 0 Å². The van der Waals surface area contributed by atoms with Gasteiger partial charge in [0.05, 0.1) is 11.3 Å². The quantitative estimate of drug-likeness (QED) is 0.805. The molecule has 0 radical (unpaired) electrons. The molecule has 1 saturated carbocycles. The number of sulfonamides is 1. The molecule has 1 saturated heterocycles. The maximum Gasteiger partial charge on any atom is 0.245 e. The third kappa shape index (κ3) is 2.18. The van der Waals surface area contributed by atoms with Crippen molar-refractivity contribution >= 4 is 31.6 Å². The highest BCUT2D eigenvalue weighted by Crippen LogP contribution is 2.46. The highest BCUT2D eigenvalue weighted by molar-refractivity contribution is 9.10. The molecule has 19 heavy (non-hydrogen) atoms.